The van der Waals surface area contributed by atoms with E-state index in [4.69, 9.17) is 4.42 Å². The summed E-state index contributed by atoms with van der Waals surface area (Å²) in [5.74, 6) is 0.801. The van der Waals surface area contributed by atoms with Crippen LogP contribution in [-0.2, 0) is 23.2 Å². The van der Waals surface area contributed by atoms with Crippen LogP contribution in [0.1, 0.15) is 18.7 Å². The second kappa shape index (κ2) is 4.89. The average Bonchev–Trinajstić information content (AvgIpc) is 2.65. The molecule has 16 heavy (non-hydrogen) atoms. The van der Waals surface area contributed by atoms with E-state index in [0.29, 0.717) is 18.2 Å². The van der Waals surface area contributed by atoms with Crippen LogP contribution in [0.15, 0.2) is 4.42 Å². The molecule has 8 heteroatoms. The minimum atomic E-state index is -3.43. The number of aryl methyl sites for hydroxylation is 1. The fourth-order valence-electron chi connectivity index (χ4n) is 1.05. The van der Waals surface area contributed by atoms with E-state index in [9.17, 15) is 8.42 Å². The Balaban J connectivity index is 2.75. The third-order valence-electron chi connectivity index (χ3n) is 2.02. The fraction of sp³-hybridized carbons (Fsp3) is 0.750. The highest BCUT2D eigenvalue weighted by molar-refractivity contribution is 7.86. The maximum Gasteiger partial charge on any atom is 0.281 e. The number of aromatic nitrogens is 2. The van der Waals surface area contributed by atoms with Crippen LogP contribution >= 0.6 is 0 Å². The molecule has 0 radical (unpaired) electrons. The lowest BCUT2D eigenvalue weighted by Crippen LogP contribution is -2.36. The highest BCUT2D eigenvalue weighted by Gasteiger charge is 2.22. The SMILES string of the molecule is CCc1nnc(CN(C)S(=O)(=O)N(C)C)o1. The van der Waals surface area contributed by atoms with Gasteiger partial charge in [-0.2, -0.15) is 17.0 Å². The van der Waals surface area contributed by atoms with Gasteiger partial charge >= 0.3 is 0 Å². The van der Waals surface area contributed by atoms with Crippen LogP contribution in [0.2, 0.25) is 0 Å². The molecule has 0 saturated heterocycles. The van der Waals surface area contributed by atoms with Gasteiger partial charge in [0.1, 0.15) is 0 Å². The summed E-state index contributed by atoms with van der Waals surface area (Å²) in [6, 6.07) is 0. The summed E-state index contributed by atoms with van der Waals surface area (Å²) >= 11 is 0. The predicted octanol–water partition coefficient (Wildman–Crippen LogP) is -0.130. The van der Waals surface area contributed by atoms with E-state index in [1.807, 2.05) is 6.92 Å². The summed E-state index contributed by atoms with van der Waals surface area (Å²) < 4.78 is 30.9. The van der Waals surface area contributed by atoms with Crippen molar-refractivity contribution in [2.24, 2.45) is 0 Å². The molecule has 0 bridgehead atoms. The number of hydrogen-bond donors (Lipinski definition) is 0. The molecule has 92 valence electrons. The predicted molar refractivity (Wildman–Crippen MR) is 57.7 cm³/mol. The van der Waals surface area contributed by atoms with Gasteiger partial charge in [-0.15, -0.1) is 10.2 Å². The van der Waals surface area contributed by atoms with Gasteiger partial charge in [0.2, 0.25) is 11.8 Å². The normalized spacial score (nSPS) is 12.6. The molecular weight excluding hydrogens is 232 g/mol. The van der Waals surface area contributed by atoms with Crippen LogP contribution in [0.5, 0.6) is 0 Å². The lowest BCUT2D eigenvalue weighted by molar-refractivity contribution is 0.362. The van der Waals surface area contributed by atoms with Crippen molar-refractivity contribution in [3.63, 3.8) is 0 Å². The third kappa shape index (κ3) is 2.77. The van der Waals surface area contributed by atoms with E-state index in [1.54, 1.807) is 0 Å². The van der Waals surface area contributed by atoms with Crippen LogP contribution in [0.4, 0.5) is 0 Å². The smallest absolute Gasteiger partial charge is 0.281 e. The Labute approximate surface area is 95.2 Å². The Morgan fingerprint density at radius 3 is 2.19 bits per heavy atom. The van der Waals surface area contributed by atoms with Crippen molar-refractivity contribution in [2.45, 2.75) is 19.9 Å². The van der Waals surface area contributed by atoms with Crippen molar-refractivity contribution >= 4 is 10.2 Å². The summed E-state index contributed by atoms with van der Waals surface area (Å²) in [6.07, 6.45) is 0.636. The topological polar surface area (TPSA) is 79.5 Å². The maximum atomic E-state index is 11.7. The molecule has 0 amide bonds. The zero-order valence-corrected chi connectivity index (χ0v) is 10.7. The minimum absolute atomic E-state index is 0.0769. The van der Waals surface area contributed by atoms with Gasteiger partial charge < -0.3 is 4.42 Å². The van der Waals surface area contributed by atoms with Crippen molar-refractivity contribution < 1.29 is 12.8 Å². The molecule has 1 aromatic rings. The Morgan fingerprint density at radius 2 is 1.75 bits per heavy atom. The molecule has 7 nitrogen and oxygen atoms in total. The van der Waals surface area contributed by atoms with Crippen LogP contribution < -0.4 is 0 Å². The third-order valence-corrected chi connectivity index (χ3v) is 3.86. The average molecular weight is 248 g/mol. The van der Waals surface area contributed by atoms with Gasteiger partial charge in [-0.25, -0.2) is 0 Å². The van der Waals surface area contributed by atoms with E-state index in [1.165, 1.54) is 21.1 Å². The van der Waals surface area contributed by atoms with E-state index in [0.717, 1.165) is 8.61 Å². The van der Waals surface area contributed by atoms with E-state index >= 15 is 0 Å². The lowest BCUT2D eigenvalue weighted by Gasteiger charge is -2.19. The van der Waals surface area contributed by atoms with E-state index in [-0.39, 0.29) is 6.54 Å². The molecule has 0 saturated carbocycles. The molecule has 0 aromatic carbocycles. The van der Waals surface area contributed by atoms with E-state index < -0.39 is 10.2 Å². The first-order valence-electron chi connectivity index (χ1n) is 4.83. The zero-order chi connectivity index (χ0) is 12.3. The van der Waals surface area contributed by atoms with Gasteiger partial charge in [0, 0.05) is 27.6 Å². The lowest BCUT2D eigenvalue weighted by atomic mass is 10.5. The molecular formula is C8H16N4O3S. The van der Waals surface area contributed by atoms with Crippen molar-refractivity contribution in [2.75, 3.05) is 21.1 Å². The van der Waals surface area contributed by atoms with Gasteiger partial charge in [0.05, 0.1) is 6.54 Å². The largest absolute Gasteiger partial charge is 0.424 e. The first-order chi connectivity index (χ1) is 7.37. The fourth-order valence-corrected chi connectivity index (χ4v) is 1.88. The summed E-state index contributed by atoms with van der Waals surface area (Å²) in [5.41, 5.74) is 0. The summed E-state index contributed by atoms with van der Waals surface area (Å²) in [5, 5.41) is 7.52. The summed E-state index contributed by atoms with van der Waals surface area (Å²) in [7, 11) is 0.969. The molecule has 1 rings (SSSR count). The van der Waals surface area contributed by atoms with Crippen molar-refractivity contribution in [1.29, 1.82) is 0 Å². The first kappa shape index (κ1) is 13.1. The van der Waals surface area contributed by atoms with Crippen LogP contribution in [0, 0.1) is 0 Å². The quantitative estimate of drug-likeness (QED) is 0.725. The van der Waals surface area contributed by atoms with Crippen molar-refractivity contribution in [1.82, 2.24) is 18.8 Å². The monoisotopic (exact) mass is 248 g/mol. The minimum Gasteiger partial charge on any atom is -0.424 e. The highest BCUT2D eigenvalue weighted by Crippen LogP contribution is 2.08. The zero-order valence-electron chi connectivity index (χ0n) is 9.84. The first-order valence-corrected chi connectivity index (χ1v) is 6.22. The second-order valence-electron chi connectivity index (χ2n) is 3.49. The molecule has 0 spiro atoms. The Hall–Kier alpha value is -0.990. The number of rotatable bonds is 5. The van der Waals surface area contributed by atoms with Crippen LogP contribution in [0.3, 0.4) is 0 Å². The Kier molecular flexibility index (Phi) is 4.00. The molecule has 1 aromatic heterocycles. The molecule has 1 heterocycles. The van der Waals surface area contributed by atoms with Crippen LogP contribution in [-0.4, -0.2) is 48.4 Å². The molecule has 0 atom stereocenters. The van der Waals surface area contributed by atoms with Crippen molar-refractivity contribution in [3.05, 3.63) is 11.8 Å². The maximum absolute atomic E-state index is 11.7. The Morgan fingerprint density at radius 1 is 1.19 bits per heavy atom. The van der Waals surface area contributed by atoms with Gasteiger partial charge in [0.25, 0.3) is 10.2 Å². The molecule has 0 N–H and O–H groups in total. The van der Waals surface area contributed by atoms with Gasteiger partial charge in [0.15, 0.2) is 0 Å². The number of hydrogen-bond acceptors (Lipinski definition) is 5. The molecule has 0 unspecified atom stereocenters. The van der Waals surface area contributed by atoms with Gasteiger partial charge in [-0.05, 0) is 0 Å². The van der Waals surface area contributed by atoms with E-state index in [2.05, 4.69) is 10.2 Å². The Bertz CT molecular complexity index is 440. The molecule has 0 fully saturated rings. The molecule has 0 aliphatic carbocycles. The number of nitrogens with zero attached hydrogens (tertiary/aromatic N) is 4. The van der Waals surface area contributed by atoms with Gasteiger partial charge in [-0.1, -0.05) is 6.92 Å². The van der Waals surface area contributed by atoms with Crippen molar-refractivity contribution in [3.8, 4) is 0 Å². The second-order valence-corrected chi connectivity index (χ2v) is 5.74. The summed E-state index contributed by atoms with van der Waals surface area (Å²) in [4.78, 5) is 0. The molecule has 0 aliphatic heterocycles. The summed E-state index contributed by atoms with van der Waals surface area (Å²) in [6.45, 7) is 1.96. The molecule has 0 aliphatic rings. The highest BCUT2D eigenvalue weighted by atomic mass is 32.2. The van der Waals surface area contributed by atoms with Gasteiger partial charge in [-0.3, -0.25) is 0 Å². The van der Waals surface area contributed by atoms with Crippen LogP contribution in [0.25, 0.3) is 0 Å². The standard InChI is InChI=1S/C8H16N4O3S/c1-5-7-9-10-8(15-7)6-12(4)16(13,14)11(2)3/h5-6H2,1-4H3.